The molecule has 23 heavy (non-hydrogen) atoms. The van der Waals surface area contributed by atoms with Crippen LogP contribution in [0, 0.1) is 0 Å². The van der Waals surface area contributed by atoms with Crippen LogP contribution in [0.3, 0.4) is 0 Å². The Morgan fingerprint density at radius 1 is 0.826 bits per heavy atom. The molecule has 0 spiro atoms. The second-order valence-corrected chi connectivity index (χ2v) is 6.58. The number of para-hydroxylation sites is 2. The second-order valence-electron chi connectivity index (χ2n) is 6.58. The topological polar surface area (TPSA) is 15.8 Å². The molecule has 2 nitrogen and oxygen atoms in total. The number of benzene rings is 3. The lowest BCUT2D eigenvalue weighted by Crippen LogP contribution is -2.37. The van der Waals surface area contributed by atoms with E-state index in [4.69, 9.17) is 0 Å². The molecule has 0 aliphatic carbocycles. The van der Waals surface area contributed by atoms with E-state index in [9.17, 15) is 0 Å². The third-order valence-corrected chi connectivity index (χ3v) is 5.53. The van der Waals surface area contributed by atoms with Gasteiger partial charge in [0.05, 0.1) is 30.2 Å². The summed E-state index contributed by atoms with van der Waals surface area (Å²) in [6, 6.07) is 22.0. The van der Waals surface area contributed by atoms with E-state index < -0.39 is 0 Å². The highest BCUT2D eigenvalue weighted by atomic mass is 15.4. The van der Waals surface area contributed by atoms with Crippen molar-refractivity contribution in [2.45, 2.75) is 6.92 Å². The van der Waals surface area contributed by atoms with Gasteiger partial charge in [0.25, 0.3) is 0 Å². The summed E-state index contributed by atoms with van der Waals surface area (Å²) in [5.41, 5.74) is 8.02. The van der Waals surface area contributed by atoms with Crippen molar-refractivity contribution in [3.63, 3.8) is 0 Å². The van der Waals surface area contributed by atoms with E-state index in [0.29, 0.717) is 0 Å². The average molecular weight is 299 g/mol. The Morgan fingerprint density at radius 2 is 1.61 bits per heavy atom. The Kier molecular flexibility index (Phi) is 2.38. The molecule has 0 amide bonds. The van der Waals surface area contributed by atoms with Crippen LogP contribution >= 0.6 is 0 Å². The number of hydrogen-bond acceptors (Lipinski definition) is 0. The predicted octanol–water partition coefficient (Wildman–Crippen LogP) is 5.59. The first-order chi connectivity index (χ1) is 11.2. The van der Waals surface area contributed by atoms with Crippen LogP contribution in [0.15, 0.2) is 60.7 Å². The summed E-state index contributed by atoms with van der Waals surface area (Å²) in [4.78, 5) is 3.67. The number of H-pyrrole nitrogens is 1. The maximum Gasteiger partial charge on any atom is 0.148 e. The van der Waals surface area contributed by atoms with Crippen molar-refractivity contribution < 1.29 is 0 Å². The number of hydrogen-bond donors (Lipinski definition) is 1. The molecule has 1 aromatic heterocycles. The fourth-order valence-electron chi connectivity index (χ4n) is 4.18. The predicted molar refractivity (Wildman–Crippen MR) is 99.2 cm³/mol. The normalized spacial score (nSPS) is 19.2. The molecule has 1 atom stereocenters. The Bertz CT molecular complexity index is 1070. The van der Waals surface area contributed by atoms with Gasteiger partial charge in [-0.1, -0.05) is 30.3 Å². The maximum absolute atomic E-state index is 3.67. The fourth-order valence-corrected chi connectivity index (χ4v) is 4.18. The lowest BCUT2D eigenvalue weighted by Gasteiger charge is -2.28. The number of nitrogens with one attached hydrogen (secondary N) is 1. The number of rotatable bonds is 1. The zero-order chi connectivity index (χ0) is 15.6. The highest BCUT2D eigenvalue weighted by molar-refractivity contribution is 6.16. The highest BCUT2D eigenvalue weighted by Crippen LogP contribution is 2.54. The average Bonchev–Trinajstić information content (AvgIpc) is 3.10. The van der Waals surface area contributed by atoms with Gasteiger partial charge in [-0.2, -0.15) is 0 Å². The van der Waals surface area contributed by atoms with Crippen LogP contribution in [0.1, 0.15) is 6.92 Å². The van der Waals surface area contributed by atoms with Gasteiger partial charge in [-0.25, -0.2) is 0 Å². The van der Waals surface area contributed by atoms with Crippen LogP contribution in [0.4, 0.5) is 11.4 Å². The van der Waals surface area contributed by atoms with Gasteiger partial charge < -0.3 is 4.98 Å². The third-order valence-electron chi connectivity index (χ3n) is 5.53. The van der Waals surface area contributed by atoms with Crippen molar-refractivity contribution in [3.05, 3.63) is 60.7 Å². The molecular weight excluding hydrogens is 280 g/mol. The van der Waals surface area contributed by atoms with Crippen molar-refractivity contribution >= 4 is 33.2 Å². The maximum atomic E-state index is 3.67. The summed E-state index contributed by atoms with van der Waals surface area (Å²) in [5.74, 6) is 0. The summed E-state index contributed by atoms with van der Waals surface area (Å²) in [5, 5.41) is 2.62. The van der Waals surface area contributed by atoms with Crippen LogP contribution in [0.2, 0.25) is 0 Å². The number of aromatic amines is 1. The smallest absolute Gasteiger partial charge is 0.148 e. The van der Waals surface area contributed by atoms with Gasteiger partial charge in [-0.3, -0.25) is 4.48 Å². The first-order valence-electron chi connectivity index (χ1n) is 8.23. The van der Waals surface area contributed by atoms with Crippen LogP contribution in [0.5, 0.6) is 0 Å². The molecule has 2 heterocycles. The number of aromatic nitrogens is 1. The highest BCUT2D eigenvalue weighted by Gasteiger charge is 2.40. The number of fused-ring (bicyclic) bond motifs is 7. The van der Waals surface area contributed by atoms with Crippen LogP contribution in [-0.4, -0.2) is 18.6 Å². The monoisotopic (exact) mass is 299 g/mol. The summed E-state index contributed by atoms with van der Waals surface area (Å²) >= 11 is 0. The standard InChI is InChI=1S/C21H19N2/c1-3-23(2)18-11-7-5-9-16(18)20-19(23)13-12-15-14-8-4-6-10-17(14)22-21(15)20/h4-13,22H,3H2,1-2H3/q+1. The van der Waals surface area contributed by atoms with E-state index in [1.165, 1.54) is 44.3 Å². The first kappa shape index (κ1) is 12.9. The zero-order valence-corrected chi connectivity index (χ0v) is 13.4. The zero-order valence-electron chi connectivity index (χ0n) is 13.4. The number of nitrogens with zero attached hydrogens (tertiary/aromatic N) is 1. The molecule has 4 aromatic rings. The third kappa shape index (κ3) is 1.47. The Balaban J connectivity index is 2.00. The van der Waals surface area contributed by atoms with Crippen molar-refractivity contribution in [1.82, 2.24) is 9.47 Å². The summed E-state index contributed by atoms with van der Waals surface area (Å²) in [6.45, 7) is 3.32. The van der Waals surface area contributed by atoms with Crippen molar-refractivity contribution in [2.24, 2.45) is 0 Å². The Hall–Kier alpha value is -2.58. The molecule has 0 saturated carbocycles. The van der Waals surface area contributed by atoms with E-state index >= 15 is 0 Å². The second kappa shape index (κ2) is 4.24. The van der Waals surface area contributed by atoms with E-state index in [0.717, 1.165) is 11.0 Å². The first-order valence-corrected chi connectivity index (χ1v) is 8.23. The van der Waals surface area contributed by atoms with Gasteiger partial charge in [-0.05, 0) is 25.1 Å². The summed E-state index contributed by atoms with van der Waals surface area (Å²) in [7, 11) is 2.32. The van der Waals surface area contributed by atoms with E-state index in [2.05, 4.69) is 79.6 Å². The molecular formula is C21H19N2+. The summed E-state index contributed by atoms with van der Waals surface area (Å²) in [6.07, 6.45) is 0. The molecule has 1 unspecified atom stereocenters. The van der Waals surface area contributed by atoms with Gasteiger partial charge in [0, 0.05) is 28.4 Å². The lowest BCUT2D eigenvalue weighted by molar-refractivity contribution is 0.493. The minimum absolute atomic E-state index is 0.872. The largest absolute Gasteiger partial charge is 0.354 e. The molecule has 1 aliphatic heterocycles. The molecule has 3 aromatic carbocycles. The van der Waals surface area contributed by atoms with E-state index in [-0.39, 0.29) is 0 Å². The molecule has 1 N–H and O–H groups in total. The Morgan fingerprint density at radius 3 is 2.48 bits per heavy atom. The number of quaternary nitrogens is 1. The molecule has 5 rings (SSSR count). The molecule has 0 bridgehead atoms. The van der Waals surface area contributed by atoms with Gasteiger partial charge in [0.1, 0.15) is 11.4 Å². The fraction of sp³-hybridized carbons (Fsp3) is 0.143. The van der Waals surface area contributed by atoms with E-state index in [1.54, 1.807) is 0 Å². The molecule has 112 valence electrons. The van der Waals surface area contributed by atoms with Gasteiger partial charge in [0.15, 0.2) is 0 Å². The van der Waals surface area contributed by atoms with Crippen LogP contribution in [-0.2, 0) is 0 Å². The molecule has 2 heteroatoms. The van der Waals surface area contributed by atoms with Gasteiger partial charge in [-0.15, -0.1) is 0 Å². The SMILES string of the molecule is CC[N+]1(C)c2ccccc2-c2c1ccc1c2[nH]c2ccccc21. The minimum atomic E-state index is 0.872. The molecule has 1 aliphatic rings. The van der Waals surface area contributed by atoms with Gasteiger partial charge >= 0.3 is 0 Å². The lowest BCUT2D eigenvalue weighted by atomic mass is 10.0. The van der Waals surface area contributed by atoms with Crippen molar-refractivity contribution in [3.8, 4) is 11.1 Å². The molecule has 0 saturated heterocycles. The van der Waals surface area contributed by atoms with Crippen LogP contribution in [0.25, 0.3) is 32.9 Å². The van der Waals surface area contributed by atoms with Gasteiger partial charge in [0.2, 0.25) is 0 Å². The summed E-state index contributed by atoms with van der Waals surface area (Å²) < 4.78 is 0.872. The van der Waals surface area contributed by atoms with Crippen molar-refractivity contribution in [2.75, 3.05) is 13.6 Å². The molecule has 0 radical (unpaired) electrons. The van der Waals surface area contributed by atoms with Crippen molar-refractivity contribution in [1.29, 1.82) is 0 Å². The Labute approximate surface area is 135 Å². The van der Waals surface area contributed by atoms with E-state index in [1.807, 2.05) is 0 Å². The quantitative estimate of drug-likeness (QED) is 0.441. The minimum Gasteiger partial charge on any atom is -0.354 e. The van der Waals surface area contributed by atoms with Crippen LogP contribution < -0.4 is 4.48 Å². The molecule has 0 fully saturated rings.